The topological polar surface area (TPSA) is 58.5 Å². The van der Waals surface area contributed by atoms with Crippen LogP contribution in [0, 0.1) is 5.92 Å². The summed E-state index contributed by atoms with van der Waals surface area (Å²) in [5.41, 5.74) is 8.12. The first kappa shape index (κ1) is 13.2. The maximum atomic E-state index is 5.82. The summed E-state index contributed by atoms with van der Waals surface area (Å²) in [6.07, 6.45) is 0. The standard InChI is InChI=1S/C15H22N4O/c1-11(2)10-18-5-7-19(8-6-18)15-17-13-4-3-12(16)9-14(13)20-15/h3-4,9,11H,5-8,10,16H2,1-2H3. The van der Waals surface area contributed by atoms with Crippen molar-refractivity contribution in [2.75, 3.05) is 43.4 Å². The summed E-state index contributed by atoms with van der Waals surface area (Å²) >= 11 is 0. The van der Waals surface area contributed by atoms with Crippen LogP contribution >= 0.6 is 0 Å². The van der Waals surface area contributed by atoms with Crippen LogP contribution in [-0.2, 0) is 0 Å². The molecule has 0 aliphatic carbocycles. The Labute approximate surface area is 119 Å². The summed E-state index contributed by atoms with van der Waals surface area (Å²) in [6, 6.07) is 6.32. The zero-order chi connectivity index (χ0) is 14.1. The van der Waals surface area contributed by atoms with E-state index in [-0.39, 0.29) is 0 Å². The van der Waals surface area contributed by atoms with E-state index in [4.69, 9.17) is 10.2 Å². The van der Waals surface area contributed by atoms with Gasteiger partial charge in [0.2, 0.25) is 0 Å². The van der Waals surface area contributed by atoms with Gasteiger partial charge in [0.15, 0.2) is 5.58 Å². The molecule has 0 radical (unpaired) electrons. The summed E-state index contributed by atoms with van der Waals surface area (Å²) in [5.74, 6) is 0.717. The normalized spacial score (nSPS) is 17.2. The summed E-state index contributed by atoms with van der Waals surface area (Å²) in [4.78, 5) is 9.27. The lowest BCUT2D eigenvalue weighted by molar-refractivity contribution is 0.228. The smallest absolute Gasteiger partial charge is 0.298 e. The molecule has 1 aliphatic heterocycles. The molecule has 2 N–H and O–H groups in total. The molecule has 0 bridgehead atoms. The fourth-order valence-corrected chi connectivity index (χ4v) is 2.70. The van der Waals surface area contributed by atoms with Gasteiger partial charge in [0.1, 0.15) is 5.52 Å². The van der Waals surface area contributed by atoms with Crippen LogP contribution in [0.1, 0.15) is 13.8 Å². The van der Waals surface area contributed by atoms with E-state index in [2.05, 4.69) is 28.6 Å². The number of fused-ring (bicyclic) bond motifs is 1. The third-order valence-electron chi connectivity index (χ3n) is 3.67. The number of hydrogen-bond donors (Lipinski definition) is 1. The van der Waals surface area contributed by atoms with Crippen molar-refractivity contribution in [3.8, 4) is 0 Å². The fraction of sp³-hybridized carbons (Fsp3) is 0.533. The van der Waals surface area contributed by atoms with Gasteiger partial charge < -0.3 is 15.1 Å². The first-order valence-corrected chi connectivity index (χ1v) is 7.25. The number of aromatic nitrogens is 1. The lowest BCUT2D eigenvalue weighted by atomic mass is 10.2. The fourth-order valence-electron chi connectivity index (χ4n) is 2.70. The molecule has 3 rings (SSSR count). The van der Waals surface area contributed by atoms with Crippen LogP contribution in [0.4, 0.5) is 11.7 Å². The molecular formula is C15H22N4O. The van der Waals surface area contributed by atoms with Crippen LogP contribution in [0.5, 0.6) is 0 Å². The number of nitrogen functional groups attached to an aromatic ring is 1. The maximum absolute atomic E-state index is 5.82. The second kappa shape index (κ2) is 5.32. The Morgan fingerprint density at radius 2 is 2.00 bits per heavy atom. The van der Waals surface area contributed by atoms with Gasteiger partial charge in [-0.25, -0.2) is 0 Å². The second-order valence-corrected chi connectivity index (χ2v) is 5.91. The van der Waals surface area contributed by atoms with Crippen LogP contribution in [0.3, 0.4) is 0 Å². The van der Waals surface area contributed by atoms with Gasteiger partial charge in [-0.1, -0.05) is 13.8 Å². The average molecular weight is 274 g/mol. The van der Waals surface area contributed by atoms with E-state index < -0.39 is 0 Å². The molecule has 1 aromatic heterocycles. The summed E-state index contributed by atoms with van der Waals surface area (Å²) < 4.78 is 5.82. The van der Waals surface area contributed by atoms with Gasteiger partial charge in [-0.05, 0) is 18.1 Å². The van der Waals surface area contributed by atoms with E-state index in [1.807, 2.05) is 18.2 Å². The Hall–Kier alpha value is -1.75. The van der Waals surface area contributed by atoms with Crippen molar-refractivity contribution in [1.82, 2.24) is 9.88 Å². The largest absolute Gasteiger partial charge is 0.423 e. The summed E-state index contributed by atoms with van der Waals surface area (Å²) in [7, 11) is 0. The molecule has 0 saturated carbocycles. The third kappa shape index (κ3) is 2.72. The van der Waals surface area contributed by atoms with Gasteiger partial charge in [-0.2, -0.15) is 4.98 Å². The maximum Gasteiger partial charge on any atom is 0.298 e. The number of rotatable bonds is 3. The zero-order valence-corrected chi connectivity index (χ0v) is 12.2. The molecule has 1 aliphatic rings. The number of anilines is 2. The first-order valence-electron chi connectivity index (χ1n) is 7.25. The molecule has 2 heterocycles. The van der Waals surface area contributed by atoms with Crippen molar-refractivity contribution in [2.24, 2.45) is 5.92 Å². The Balaban J connectivity index is 1.70. The van der Waals surface area contributed by atoms with E-state index in [1.165, 1.54) is 0 Å². The average Bonchev–Trinajstić information content (AvgIpc) is 2.81. The predicted octanol–water partition coefficient (Wildman–Crippen LogP) is 2.19. The van der Waals surface area contributed by atoms with Crippen LogP contribution < -0.4 is 10.6 Å². The van der Waals surface area contributed by atoms with Gasteiger partial charge in [-0.15, -0.1) is 0 Å². The van der Waals surface area contributed by atoms with Crippen molar-refractivity contribution < 1.29 is 4.42 Å². The van der Waals surface area contributed by atoms with Crippen LogP contribution in [-0.4, -0.2) is 42.6 Å². The lowest BCUT2D eigenvalue weighted by Gasteiger charge is -2.34. The molecule has 0 unspecified atom stereocenters. The molecule has 2 aromatic rings. The highest BCUT2D eigenvalue weighted by atomic mass is 16.4. The minimum absolute atomic E-state index is 0.710. The highest BCUT2D eigenvalue weighted by Crippen LogP contribution is 2.24. The monoisotopic (exact) mass is 274 g/mol. The summed E-state index contributed by atoms with van der Waals surface area (Å²) in [6.45, 7) is 9.76. The Morgan fingerprint density at radius 3 is 2.70 bits per heavy atom. The first-order chi connectivity index (χ1) is 9.61. The molecule has 0 spiro atoms. The molecule has 0 atom stereocenters. The molecule has 5 heteroatoms. The van der Waals surface area contributed by atoms with Crippen LogP contribution in [0.25, 0.3) is 11.1 Å². The van der Waals surface area contributed by atoms with Crippen molar-refractivity contribution in [3.63, 3.8) is 0 Å². The van der Waals surface area contributed by atoms with Gasteiger partial charge in [-0.3, -0.25) is 4.90 Å². The molecular weight excluding hydrogens is 252 g/mol. The van der Waals surface area contributed by atoms with Crippen LogP contribution in [0.15, 0.2) is 22.6 Å². The molecule has 20 heavy (non-hydrogen) atoms. The number of benzene rings is 1. The summed E-state index contributed by atoms with van der Waals surface area (Å²) in [5, 5.41) is 0. The minimum atomic E-state index is 0.710. The number of hydrogen-bond acceptors (Lipinski definition) is 5. The quantitative estimate of drug-likeness (QED) is 0.869. The van der Waals surface area contributed by atoms with E-state index in [0.717, 1.165) is 49.8 Å². The molecule has 1 saturated heterocycles. The Kier molecular flexibility index (Phi) is 3.53. The van der Waals surface area contributed by atoms with Gasteiger partial charge >= 0.3 is 0 Å². The predicted molar refractivity (Wildman–Crippen MR) is 81.9 cm³/mol. The third-order valence-corrected chi connectivity index (χ3v) is 3.67. The highest BCUT2D eigenvalue weighted by molar-refractivity contribution is 5.78. The van der Waals surface area contributed by atoms with E-state index >= 15 is 0 Å². The number of oxazole rings is 1. The lowest BCUT2D eigenvalue weighted by Crippen LogP contribution is -2.47. The van der Waals surface area contributed by atoms with E-state index in [1.54, 1.807) is 0 Å². The van der Waals surface area contributed by atoms with E-state index in [9.17, 15) is 0 Å². The molecule has 0 amide bonds. The van der Waals surface area contributed by atoms with E-state index in [0.29, 0.717) is 11.6 Å². The van der Waals surface area contributed by atoms with Crippen molar-refractivity contribution in [3.05, 3.63) is 18.2 Å². The van der Waals surface area contributed by atoms with Gasteiger partial charge in [0.25, 0.3) is 6.01 Å². The number of nitrogens with two attached hydrogens (primary N) is 1. The van der Waals surface area contributed by atoms with Crippen LogP contribution in [0.2, 0.25) is 0 Å². The Bertz CT molecular complexity index is 585. The molecule has 1 aromatic carbocycles. The SMILES string of the molecule is CC(C)CN1CCN(c2nc3ccc(N)cc3o2)CC1. The highest BCUT2D eigenvalue weighted by Gasteiger charge is 2.21. The Morgan fingerprint density at radius 1 is 1.25 bits per heavy atom. The van der Waals surface area contributed by atoms with Gasteiger partial charge in [0, 0.05) is 44.5 Å². The van der Waals surface area contributed by atoms with Crippen molar-refractivity contribution >= 4 is 22.8 Å². The minimum Gasteiger partial charge on any atom is -0.423 e. The van der Waals surface area contributed by atoms with Crippen molar-refractivity contribution in [1.29, 1.82) is 0 Å². The van der Waals surface area contributed by atoms with Crippen molar-refractivity contribution in [2.45, 2.75) is 13.8 Å². The molecule has 5 nitrogen and oxygen atoms in total. The zero-order valence-electron chi connectivity index (χ0n) is 12.2. The second-order valence-electron chi connectivity index (χ2n) is 5.91. The number of nitrogens with zero attached hydrogens (tertiary/aromatic N) is 3. The van der Waals surface area contributed by atoms with Gasteiger partial charge in [0.05, 0.1) is 0 Å². The molecule has 1 fully saturated rings. The number of piperazine rings is 1. The molecule has 108 valence electrons.